The molecule has 0 radical (unpaired) electrons. The number of hydrogen-bond acceptors (Lipinski definition) is 5. The van der Waals surface area contributed by atoms with E-state index in [0.717, 1.165) is 43.4 Å². The molecule has 1 aliphatic carbocycles. The molecule has 7 heteroatoms. The van der Waals surface area contributed by atoms with Crippen molar-refractivity contribution in [3.8, 4) is 5.75 Å². The van der Waals surface area contributed by atoms with E-state index in [2.05, 4.69) is 10.5 Å². The molecule has 1 aliphatic rings. The van der Waals surface area contributed by atoms with Crippen LogP contribution in [-0.2, 0) is 12.8 Å². The highest BCUT2D eigenvalue weighted by atomic mass is 16.5. The van der Waals surface area contributed by atoms with E-state index >= 15 is 0 Å². The first-order valence-electron chi connectivity index (χ1n) is 8.78. The van der Waals surface area contributed by atoms with Gasteiger partial charge in [0.05, 0.1) is 17.4 Å². The second-order valence-electron chi connectivity index (χ2n) is 6.63. The molecule has 26 heavy (non-hydrogen) atoms. The zero-order valence-corrected chi connectivity index (χ0v) is 14.9. The topological polar surface area (TPSA) is 102 Å². The average Bonchev–Trinajstić information content (AvgIpc) is 2.84. The number of ether oxygens (including phenoxy) is 1. The molecule has 0 spiro atoms. The quantitative estimate of drug-likeness (QED) is 0.791. The molecule has 3 rings (SSSR count). The standard InChI is InChI=1S/C19H22N2O5/c1-11(2)25-16-9-8-12(19(23)24)10-14(16)20-18(22)17-13-6-4-3-5-7-15(13)26-21-17/h8-11H,3-7H2,1-2H3,(H,20,22)(H,23,24). The van der Waals surface area contributed by atoms with Crippen molar-refractivity contribution in [3.63, 3.8) is 0 Å². The molecule has 0 aliphatic heterocycles. The van der Waals surface area contributed by atoms with Gasteiger partial charge < -0.3 is 19.7 Å². The van der Waals surface area contributed by atoms with Crippen LogP contribution in [0.1, 0.15) is 65.3 Å². The molecule has 138 valence electrons. The van der Waals surface area contributed by atoms with Crippen LogP contribution in [0.25, 0.3) is 0 Å². The Morgan fingerprint density at radius 3 is 2.73 bits per heavy atom. The molecule has 0 unspecified atom stereocenters. The average molecular weight is 358 g/mol. The zero-order valence-electron chi connectivity index (χ0n) is 14.9. The molecule has 1 aromatic carbocycles. The summed E-state index contributed by atoms with van der Waals surface area (Å²) in [6.45, 7) is 3.71. The zero-order chi connectivity index (χ0) is 18.7. The van der Waals surface area contributed by atoms with Crippen molar-refractivity contribution in [1.29, 1.82) is 0 Å². The van der Waals surface area contributed by atoms with Crippen molar-refractivity contribution in [2.75, 3.05) is 5.32 Å². The van der Waals surface area contributed by atoms with Crippen LogP contribution < -0.4 is 10.1 Å². The number of aryl methyl sites for hydroxylation is 1. The molecule has 0 fully saturated rings. The smallest absolute Gasteiger partial charge is 0.335 e. The van der Waals surface area contributed by atoms with Gasteiger partial charge in [-0.3, -0.25) is 4.79 Å². The predicted octanol–water partition coefficient (Wildman–Crippen LogP) is 3.68. The second-order valence-corrected chi connectivity index (χ2v) is 6.63. The van der Waals surface area contributed by atoms with E-state index in [0.29, 0.717) is 11.4 Å². The predicted molar refractivity (Wildman–Crippen MR) is 94.9 cm³/mol. The highest BCUT2D eigenvalue weighted by Gasteiger charge is 2.24. The fourth-order valence-electron chi connectivity index (χ4n) is 3.04. The van der Waals surface area contributed by atoms with Gasteiger partial charge in [0.15, 0.2) is 5.69 Å². The number of carbonyl (C=O) groups excluding carboxylic acids is 1. The van der Waals surface area contributed by atoms with Gasteiger partial charge in [0.1, 0.15) is 11.5 Å². The first-order chi connectivity index (χ1) is 12.5. The van der Waals surface area contributed by atoms with Gasteiger partial charge in [0.2, 0.25) is 0 Å². The number of carbonyl (C=O) groups is 2. The first kappa shape index (κ1) is 18.0. The normalized spacial score (nSPS) is 13.8. The van der Waals surface area contributed by atoms with Crippen LogP contribution in [0.3, 0.4) is 0 Å². The molecule has 1 amide bonds. The van der Waals surface area contributed by atoms with Crippen LogP contribution in [0, 0.1) is 0 Å². The highest BCUT2D eigenvalue weighted by molar-refractivity contribution is 6.05. The number of carboxylic acid groups (broad SMARTS) is 1. The Labute approximate surface area is 151 Å². The summed E-state index contributed by atoms with van der Waals surface area (Å²) in [5.41, 5.74) is 1.48. The maximum atomic E-state index is 12.7. The monoisotopic (exact) mass is 358 g/mol. The van der Waals surface area contributed by atoms with Gasteiger partial charge in [0.25, 0.3) is 5.91 Å². The van der Waals surface area contributed by atoms with E-state index in [9.17, 15) is 14.7 Å². The van der Waals surface area contributed by atoms with Gasteiger partial charge in [-0.25, -0.2) is 4.79 Å². The number of hydrogen-bond donors (Lipinski definition) is 2. The summed E-state index contributed by atoms with van der Waals surface area (Å²) >= 11 is 0. The number of benzene rings is 1. The largest absolute Gasteiger partial charge is 0.489 e. The Morgan fingerprint density at radius 1 is 1.23 bits per heavy atom. The Morgan fingerprint density at radius 2 is 2.00 bits per heavy atom. The lowest BCUT2D eigenvalue weighted by Crippen LogP contribution is -2.17. The Kier molecular flexibility index (Phi) is 5.25. The minimum Gasteiger partial charge on any atom is -0.489 e. The molecule has 2 N–H and O–H groups in total. The summed E-state index contributed by atoms with van der Waals surface area (Å²) in [5.74, 6) is -0.321. The van der Waals surface area contributed by atoms with E-state index in [1.165, 1.54) is 12.1 Å². The summed E-state index contributed by atoms with van der Waals surface area (Å²) in [6, 6.07) is 4.37. The van der Waals surface area contributed by atoms with Crippen molar-refractivity contribution in [2.45, 2.75) is 52.1 Å². The minimum absolute atomic E-state index is 0.0652. The summed E-state index contributed by atoms with van der Waals surface area (Å²) in [6.07, 6.45) is 4.53. The third-order valence-electron chi connectivity index (χ3n) is 4.25. The van der Waals surface area contributed by atoms with Gasteiger partial charge in [-0.2, -0.15) is 0 Å². The molecule has 1 heterocycles. The van der Waals surface area contributed by atoms with Gasteiger partial charge in [-0.1, -0.05) is 11.6 Å². The number of aromatic nitrogens is 1. The lowest BCUT2D eigenvalue weighted by Gasteiger charge is -2.15. The second kappa shape index (κ2) is 7.59. The summed E-state index contributed by atoms with van der Waals surface area (Å²) < 4.78 is 11.0. The maximum Gasteiger partial charge on any atom is 0.335 e. The van der Waals surface area contributed by atoms with Crippen LogP contribution in [-0.4, -0.2) is 28.2 Å². The van der Waals surface area contributed by atoms with Crippen LogP contribution in [0.15, 0.2) is 22.7 Å². The van der Waals surface area contributed by atoms with E-state index in [1.807, 2.05) is 13.8 Å². The molecule has 0 bridgehead atoms. The number of anilines is 1. The minimum atomic E-state index is -1.08. The number of rotatable bonds is 5. The van der Waals surface area contributed by atoms with Crippen LogP contribution in [0.2, 0.25) is 0 Å². The van der Waals surface area contributed by atoms with E-state index in [4.69, 9.17) is 9.26 Å². The number of aromatic carboxylic acids is 1. The molecular formula is C19H22N2O5. The fourth-order valence-corrected chi connectivity index (χ4v) is 3.04. The number of fused-ring (bicyclic) bond motifs is 1. The highest BCUT2D eigenvalue weighted by Crippen LogP contribution is 2.29. The molecule has 7 nitrogen and oxygen atoms in total. The number of amides is 1. The fraction of sp³-hybridized carbons (Fsp3) is 0.421. The Bertz CT molecular complexity index is 825. The van der Waals surface area contributed by atoms with Crippen LogP contribution >= 0.6 is 0 Å². The Hall–Kier alpha value is -2.83. The lowest BCUT2D eigenvalue weighted by molar-refractivity contribution is 0.0696. The van der Waals surface area contributed by atoms with Crippen LogP contribution in [0.5, 0.6) is 5.75 Å². The molecule has 1 aromatic heterocycles. The van der Waals surface area contributed by atoms with Gasteiger partial charge in [0, 0.05) is 12.0 Å². The van der Waals surface area contributed by atoms with Gasteiger partial charge in [-0.15, -0.1) is 0 Å². The molecule has 2 aromatic rings. The van der Waals surface area contributed by atoms with Crippen molar-refractivity contribution in [1.82, 2.24) is 5.16 Å². The third kappa shape index (κ3) is 3.87. The number of nitrogens with one attached hydrogen (secondary N) is 1. The SMILES string of the molecule is CC(C)Oc1ccc(C(=O)O)cc1NC(=O)c1noc2c1CCCCC2. The summed E-state index contributed by atoms with van der Waals surface area (Å²) in [4.78, 5) is 24.0. The molecular weight excluding hydrogens is 336 g/mol. The Balaban J connectivity index is 1.90. The number of nitrogens with zero attached hydrogens (tertiary/aromatic N) is 1. The molecule has 0 atom stereocenters. The number of carboxylic acids is 1. The van der Waals surface area contributed by atoms with E-state index in [-0.39, 0.29) is 17.4 Å². The van der Waals surface area contributed by atoms with Crippen molar-refractivity contribution in [2.24, 2.45) is 0 Å². The van der Waals surface area contributed by atoms with Crippen molar-refractivity contribution >= 4 is 17.6 Å². The van der Waals surface area contributed by atoms with Crippen LogP contribution in [0.4, 0.5) is 5.69 Å². The lowest BCUT2D eigenvalue weighted by atomic mass is 10.1. The molecule has 0 saturated heterocycles. The van der Waals surface area contributed by atoms with E-state index in [1.54, 1.807) is 6.07 Å². The van der Waals surface area contributed by atoms with Gasteiger partial charge in [-0.05, 0) is 51.3 Å². The molecule has 0 saturated carbocycles. The maximum absolute atomic E-state index is 12.7. The van der Waals surface area contributed by atoms with Crippen molar-refractivity contribution in [3.05, 3.63) is 40.8 Å². The summed E-state index contributed by atoms with van der Waals surface area (Å²) in [7, 11) is 0. The first-order valence-corrected chi connectivity index (χ1v) is 8.78. The van der Waals surface area contributed by atoms with Gasteiger partial charge >= 0.3 is 5.97 Å². The summed E-state index contributed by atoms with van der Waals surface area (Å²) in [5, 5.41) is 15.9. The van der Waals surface area contributed by atoms with Crippen molar-refractivity contribution < 1.29 is 24.0 Å². The van der Waals surface area contributed by atoms with E-state index < -0.39 is 11.9 Å². The third-order valence-corrected chi connectivity index (χ3v) is 4.25.